The Bertz CT molecular complexity index is 188. The number of terminal acetylenes is 1. The molecule has 0 aromatic carbocycles. The molecule has 0 radical (unpaired) electrons. The van der Waals surface area contributed by atoms with Crippen molar-refractivity contribution in [2.75, 3.05) is 19.6 Å². The molecule has 1 heteroatoms. The Morgan fingerprint density at radius 1 is 1.25 bits per heavy atom. The van der Waals surface area contributed by atoms with Crippen LogP contribution in [0.2, 0.25) is 0 Å². The van der Waals surface area contributed by atoms with Gasteiger partial charge in [0, 0.05) is 6.54 Å². The average molecular weight is 163 g/mol. The van der Waals surface area contributed by atoms with E-state index in [1.807, 2.05) is 0 Å². The van der Waals surface area contributed by atoms with Crippen molar-refractivity contribution in [3.05, 3.63) is 0 Å². The molecule has 1 atom stereocenters. The van der Waals surface area contributed by atoms with Crippen molar-refractivity contribution in [2.45, 2.75) is 25.7 Å². The first-order chi connectivity index (χ1) is 5.90. The summed E-state index contributed by atoms with van der Waals surface area (Å²) >= 11 is 0. The van der Waals surface area contributed by atoms with Gasteiger partial charge in [0.15, 0.2) is 0 Å². The van der Waals surface area contributed by atoms with Gasteiger partial charge >= 0.3 is 0 Å². The van der Waals surface area contributed by atoms with Gasteiger partial charge in [0.25, 0.3) is 0 Å². The first kappa shape index (κ1) is 8.13. The molecule has 1 unspecified atom stereocenters. The Kier molecular flexibility index (Phi) is 2.37. The van der Waals surface area contributed by atoms with Crippen LogP contribution in [-0.4, -0.2) is 24.5 Å². The van der Waals surface area contributed by atoms with Crippen molar-refractivity contribution < 1.29 is 0 Å². The molecule has 0 aromatic rings. The molecule has 1 saturated carbocycles. The fraction of sp³-hybridized carbons (Fsp3) is 0.818. The van der Waals surface area contributed by atoms with Crippen LogP contribution in [0.15, 0.2) is 0 Å². The van der Waals surface area contributed by atoms with Crippen LogP contribution < -0.4 is 0 Å². The minimum Gasteiger partial charge on any atom is -0.292 e. The van der Waals surface area contributed by atoms with Crippen molar-refractivity contribution in [1.29, 1.82) is 0 Å². The van der Waals surface area contributed by atoms with Crippen molar-refractivity contribution in [3.63, 3.8) is 0 Å². The van der Waals surface area contributed by atoms with Crippen LogP contribution in [0.5, 0.6) is 0 Å². The molecule has 0 aromatic heterocycles. The first-order valence-corrected chi connectivity index (χ1v) is 5.06. The van der Waals surface area contributed by atoms with E-state index in [2.05, 4.69) is 10.8 Å². The monoisotopic (exact) mass is 163 g/mol. The predicted octanol–water partition coefficient (Wildman–Crippen LogP) is 1.74. The molecule has 1 saturated heterocycles. The maximum absolute atomic E-state index is 5.30. The molecule has 0 N–H and O–H groups in total. The third-order valence-corrected chi connectivity index (χ3v) is 3.15. The van der Waals surface area contributed by atoms with Gasteiger partial charge in [-0.1, -0.05) is 5.92 Å². The van der Waals surface area contributed by atoms with Crippen LogP contribution in [-0.2, 0) is 0 Å². The molecule has 2 aliphatic rings. The summed E-state index contributed by atoms with van der Waals surface area (Å²) in [5, 5.41) is 0. The maximum atomic E-state index is 5.30. The number of hydrogen-bond acceptors (Lipinski definition) is 1. The normalized spacial score (nSPS) is 31.4. The topological polar surface area (TPSA) is 3.24 Å². The lowest BCUT2D eigenvalue weighted by molar-refractivity contribution is 0.178. The SMILES string of the molecule is C#CCN1CCCC(C2CC2)C1. The summed E-state index contributed by atoms with van der Waals surface area (Å²) < 4.78 is 0. The third kappa shape index (κ3) is 1.81. The number of nitrogens with zero attached hydrogens (tertiary/aromatic N) is 1. The van der Waals surface area contributed by atoms with Crippen LogP contribution in [0.4, 0.5) is 0 Å². The summed E-state index contributed by atoms with van der Waals surface area (Å²) in [6, 6.07) is 0. The summed E-state index contributed by atoms with van der Waals surface area (Å²) in [6.07, 6.45) is 11.1. The Morgan fingerprint density at radius 3 is 2.75 bits per heavy atom. The van der Waals surface area contributed by atoms with Gasteiger partial charge in [-0.15, -0.1) is 6.42 Å². The highest BCUT2D eigenvalue weighted by Gasteiger charge is 2.33. The van der Waals surface area contributed by atoms with E-state index in [0.717, 1.165) is 18.4 Å². The highest BCUT2D eigenvalue weighted by Crippen LogP contribution is 2.40. The van der Waals surface area contributed by atoms with E-state index in [1.54, 1.807) is 0 Å². The van der Waals surface area contributed by atoms with Gasteiger partial charge in [-0.3, -0.25) is 4.90 Å². The van der Waals surface area contributed by atoms with Gasteiger partial charge in [-0.25, -0.2) is 0 Å². The van der Waals surface area contributed by atoms with E-state index >= 15 is 0 Å². The molecule has 1 nitrogen and oxygen atoms in total. The lowest BCUT2D eigenvalue weighted by Gasteiger charge is -2.31. The second kappa shape index (κ2) is 3.49. The van der Waals surface area contributed by atoms with Crippen LogP contribution in [0.1, 0.15) is 25.7 Å². The van der Waals surface area contributed by atoms with Gasteiger partial charge in [0.05, 0.1) is 6.54 Å². The molecule has 0 spiro atoms. The fourth-order valence-corrected chi connectivity index (χ4v) is 2.32. The van der Waals surface area contributed by atoms with E-state index in [1.165, 1.54) is 38.8 Å². The molecule has 2 rings (SSSR count). The van der Waals surface area contributed by atoms with Crippen LogP contribution >= 0.6 is 0 Å². The largest absolute Gasteiger partial charge is 0.292 e. The van der Waals surface area contributed by atoms with Gasteiger partial charge in [-0.2, -0.15) is 0 Å². The molecule has 0 bridgehead atoms. The summed E-state index contributed by atoms with van der Waals surface area (Å²) in [5.41, 5.74) is 0. The van der Waals surface area contributed by atoms with Gasteiger partial charge in [0.2, 0.25) is 0 Å². The summed E-state index contributed by atoms with van der Waals surface area (Å²) in [4.78, 5) is 2.44. The maximum Gasteiger partial charge on any atom is 0.0599 e. The number of piperidine rings is 1. The molecule has 1 aliphatic heterocycles. The molecule has 2 fully saturated rings. The quantitative estimate of drug-likeness (QED) is 0.560. The zero-order valence-electron chi connectivity index (χ0n) is 7.63. The van der Waals surface area contributed by atoms with Gasteiger partial charge in [0.1, 0.15) is 0 Å². The van der Waals surface area contributed by atoms with Crippen molar-refractivity contribution in [2.24, 2.45) is 11.8 Å². The number of hydrogen-bond donors (Lipinski definition) is 0. The highest BCUT2D eigenvalue weighted by molar-refractivity contribution is 4.92. The van der Waals surface area contributed by atoms with Gasteiger partial charge in [-0.05, 0) is 44.1 Å². The van der Waals surface area contributed by atoms with Gasteiger partial charge < -0.3 is 0 Å². The Hall–Kier alpha value is -0.480. The summed E-state index contributed by atoms with van der Waals surface area (Å²) in [7, 11) is 0. The lowest BCUT2D eigenvalue weighted by Crippen LogP contribution is -2.36. The molecule has 1 heterocycles. The highest BCUT2D eigenvalue weighted by atomic mass is 15.1. The van der Waals surface area contributed by atoms with Crippen LogP contribution in [0.25, 0.3) is 0 Å². The average Bonchev–Trinajstić information content (AvgIpc) is 2.88. The lowest BCUT2D eigenvalue weighted by atomic mass is 9.93. The van der Waals surface area contributed by atoms with Crippen LogP contribution in [0, 0.1) is 24.2 Å². The second-order valence-electron chi connectivity index (χ2n) is 4.18. The van der Waals surface area contributed by atoms with Crippen LogP contribution in [0.3, 0.4) is 0 Å². The molecule has 66 valence electrons. The second-order valence-corrected chi connectivity index (χ2v) is 4.18. The fourth-order valence-electron chi connectivity index (χ4n) is 2.32. The van der Waals surface area contributed by atoms with E-state index in [0.29, 0.717) is 0 Å². The zero-order valence-corrected chi connectivity index (χ0v) is 7.63. The molecule has 12 heavy (non-hydrogen) atoms. The standard InChI is InChI=1S/C11H17N/c1-2-7-12-8-3-4-11(9-12)10-5-6-10/h1,10-11H,3-9H2. The van der Waals surface area contributed by atoms with E-state index in [9.17, 15) is 0 Å². The number of rotatable bonds is 2. The summed E-state index contributed by atoms with van der Waals surface area (Å²) in [5.74, 6) is 4.78. The smallest absolute Gasteiger partial charge is 0.0599 e. The minimum atomic E-state index is 0.864. The number of likely N-dealkylation sites (tertiary alicyclic amines) is 1. The van der Waals surface area contributed by atoms with Crippen molar-refractivity contribution in [1.82, 2.24) is 4.90 Å². The van der Waals surface area contributed by atoms with E-state index in [-0.39, 0.29) is 0 Å². The molecular weight excluding hydrogens is 146 g/mol. The van der Waals surface area contributed by atoms with E-state index in [4.69, 9.17) is 6.42 Å². The summed E-state index contributed by atoms with van der Waals surface area (Å²) in [6.45, 7) is 3.37. The Morgan fingerprint density at radius 2 is 2.08 bits per heavy atom. The Labute approximate surface area is 75.1 Å². The molecule has 1 aliphatic carbocycles. The Balaban J connectivity index is 1.81. The minimum absolute atomic E-state index is 0.864. The third-order valence-electron chi connectivity index (χ3n) is 3.15. The molecule has 0 amide bonds. The molecular formula is C11H17N. The zero-order chi connectivity index (χ0) is 8.39. The van der Waals surface area contributed by atoms with Crippen molar-refractivity contribution in [3.8, 4) is 12.3 Å². The first-order valence-electron chi connectivity index (χ1n) is 5.06. The van der Waals surface area contributed by atoms with E-state index < -0.39 is 0 Å². The predicted molar refractivity (Wildman–Crippen MR) is 50.7 cm³/mol. The van der Waals surface area contributed by atoms with Crippen molar-refractivity contribution >= 4 is 0 Å².